The van der Waals surface area contributed by atoms with Gasteiger partial charge in [-0.1, -0.05) is 36.4 Å². The molecular weight excluding hydrogens is 615 g/mol. The van der Waals surface area contributed by atoms with Crippen molar-refractivity contribution in [1.29, 1.82) is 0 Å². The summed E-state index contributed by atoms with van der Waals surface area (Å²) >= 11 is 1.03. The molecular formula is C30H32F2N3O7PS. The highest BCUT2D eigenvalue weighted by Crippen LogP contribution is 2.59. The van der Waals surface area contributed by atoms with Gasteiger partial charge in [0, 0.05) is 23.4 Å². The minimum Gasteiger partial charge on any atom is -0.370 e. The molecule has 44 heavy (non-hydrogen) atoms. The minimum absolute atomic E-state index is 0.131. The number of carbonyl (C=O) groups excluding carboxylic acids is 3. The second kappa shape index (κ2) is 11.6. The lowest BCUT2D eigenvalue weighted by Gasteiger charge is -2.44. The highest BCUT2D eigenvalue weighted by Gasteiger charge is 2.52. The first-order valence-electron chi connectivity index (χ1n) is 14.5. The van der Waals surface area contributed by atoms with E-state index in [0.29, 0.717) is 63.0 Å². The molecule has 3 N–H and O–H groups in total. The summed E-state index contributed by atoms with van der Waals surface area (Å²) < 4.78 is 46.2. The van der Waals surface area contributed by atoms with Crippen molar-refractivity contribution in [2.45, 2.75) is 55.5 Å². The van der Waals surface area contributed by atoms with Gasteiger partial charge < -0.3 is 29.6 Å². The summed E-state index contributed by atoms with van der Waals surface area (Å²) in [6.07, 6.45) is 2.47. The van der Waals surface area contributed by atoms with Gasteiger partial charge >= 0.3 is 13.3 Å². The zero-order valence-corrected chi connectivity index (χ0v) is 25.4. The molecule has 0 bridgehead atoms. The number of carbonyl (C=O) groups is 3. The van der Waals surface area contributed by atoms with Crippen molar-refractivity contribution in [3.8, 4) is 0 Å². The van der Waals surface area contributed by atoms with Crippen molar-refractivity contribution in [2.75, 3.05) is 26.2 Å². The Bertz CT molecular complexity index is 1640. The maximum atomic E-state index is 14.3. The summed E-state index contributed by atoms with van der Waals surface area (Å²) in [5.74, 6) is -0.984. The van der Waals surface area contributed by atoms with Crippen LogP contribution in [-0.2, 0) is 24.6 Å². The van der Waals surface area contributed by atoms with Gasteiger partial charge in [-0.15, -0.1) is 11.3 Å². The van der Waals surface area contributed by atoms with E-state index in [1.165, 1.54) is 12.1 Å². The Kier molecular flexibility index (Phi) is 8.13. The number of hydrogen-bond donors (Lipinski definition) is 3. The van der Waals surface area contributed by atoms with Crippen LogP contribution in [0.4, 0.5) is 8.78 Å². The van der Waals surface area contributed by atoms with Crippen molar-refractivity contribution < 1.29 is 42.3 Å². The fraction of sp³-hybridized carbons (Fsp3) is 0.433. The molecule has 2 saturated heterocycles. The first kappa shape index (κ1) is 30.8. The van der Waals surface area contributed by atoms with Crippen molar-refractivity contribution in [1.82, 2.24) is 15.1 Å². The van der Waals surface area contributed by atoms with Crippen LogP contribution >= 0.6 is 18.9 Å². The van der Waals surface area contributed by atoms with E-state index in [9.17, 15) is 27.7 Å². The van der Waals surface area contributed by atoms with Gasteiger partial charge in [0.1, 0.15) is 17.7 Å². The highest BCUT2D eigenvalue weighted by molar-refractivity contribution is 7.52. The second-order valence-corrected chi connectivity index (χ2v) is 14.3. The molecule has 1 saturated carbocycles. The smallest absolute Gasteiger partial charge is 0.370 e. The Morgan fingerprint density at radius 2 is 1.80 bits per heavy atom. The summed E-state index contributed by atoms with van der Waals surface area (Å²) in [5.41, 5.74) is -5.42. The number of amides is 3. The molecule has 2 atom stereocenters. The molecule has 1 aliphatic carbocycles. The largest absolute Gasteiger partial charge is 0.399 e. The number of nitrogens with one attached hydrogen (secondary N) is 1. The maximum Gasteiger partial charge on any atom is 0.399 e. The van der Waals surface area contributed by atoms with Gasteiger partial charge in [0.25, 0.3) is 5.91 Å². The molecule has 3 aromatic rings. The molecule has 10 nitrogen and oxygen atoms in total. The number of alkyl halides is 2. The molecule has 14 heteroatoms. The average molecular weight is 648 g/mol. The minimum atomic E-state index is -5.75. The summed E-state index contributed by atoms with van der Waals surface area (Å²) in [4.78, 5) is 62.8. The predicted octanol–water partition coefficient (Wildman–Crippen LogP) is 4.37. The number of halogens is 2. The Labute approximate surface area is 256 Å². The first-order chi connectivity index (χ1) is 20.9. The Morgan fingerprint density at radius 1 is 1.05 bits per heavy atom. The summed E-state index contributed by atoms with van der Waals surface area (Å²) in [6, 6.07) is 13.6. The number of hydrogen-bond acceptors (Lipinski definition) is 6. The second-order valence-electron chi connectivity index (χ2n) is 11.5. The molecule has 0 spiro atoms. The number of morpholine rings is 1. The third-order valence-corrected chi connectivity index (χ3v) is 10.9. The first-order valence-corrected chi connectivity index (χ1v) is 16.9. The van der Waals surface area contributed by atoms with Crippen LogP contribution in [0.2, 0.25) is 0 Å². The van der Waals surface area contributed by atoms with Crippen LogP contribution in [0.5, 0.6) is 0 Å². The van der Waals surface area contributed by atoms with E-state index in [0.717, 1.165) is 29.0 Å². The summed E-state index contributed by atoms with van der Waals surface area (Å²) in [6.45, 7) is 1.60. The molecule has 3 fully saturated rings. The maximum absolute atomic E-state index is 14.3. The number of likely N-dealkylation sites (tertiary alicyclic amines) is 1. The van der Waals surface area contributed by atoms with Crippen molar-refractivity contribution in [2.24, 2.45) is 0 Å². The van der Waals surface area contributed by atoms with E-state index in [-0.39, 0.29) is 28.2 Å². The number of nitrogens with zero attached hydrogens (tertiary/aromatic N) is 2. The predicted molar refractivity (Wildman–Crippen MR) is 158 cm³/mol. The van der Waals surface area contributed by atoms with E-state index < -0.39 is 36.3 Å². The van der Waals surface area contributed by atoms with E-state index in [2.05, 4.69) is 5.32 Å². The summed E-state index contributed by atoms with van der Waals surface area (Å²) in [7, 11) is -5.75. The highest BCUT2D eigenvalue weighted by atomic mass is 32.1. The van der Waals surface area contributed by atoms with E-state index >= 15 is 0 Å². The summed E-state index contributed by atoms with van der Waals surface area (Å²) in [5, 5.41) is 3.11. The SMILES string of the molecule is O=C(NC1(C(=O)N2CCCC2C(=O)N2CCOC(c3ccccc3)C2)CCC1)c1cc2cc(C(F)(F)P(=O)(O)O)ccc2s1. The molecule has 1 aromatic heterocycles. The lowest BCUT2D eigenvalue weighted by molar-refractivity contribution is -0.153. The molecule has 3 aliphatic rings. The zero-order valence-electron chi connectivity index (χ0n) is 23.7. The normalized spacial score (nSPS) is 22.1. The lowest BCUT2D eigenvalue weighted by Crippen LogP contribution is -2.65. The van der Waals surface area contributed by atoms with Gasteiger partial charge in [-0.05, 0) is 61.3 Å². The van der Waals surface area contributed by atoms with Crippen LogP contribution in [0.1, 0.15) is 59.0 Å². The third kappa shape index (κ3) is 5.56. The van der Waals surface area contributed by atoms with Gasteiger partial charge in [0.2, 0.25) is 11.8 Å². The molecule has 3 heterocycles. The van der Waals surface area contributed by atoms with Gasteiger partial charge in [-0.2, -0.15) is 8.78 Å². The van der Waals surface area contributed by atoms with Gasteiger partial charge in [0.15, 0.2) is 0 Å². The molecule has 234 valence electrons. The molecule has 3 amide bonds. The van der Waals surface area contributed by atoms with Crippen LogP contribution < -0.4 is 5.32 Å². The monoisotopic (exact) mass is 647 g/mol. The van der Waals surface area contributed by atoms with Crippen LogP contribution in [0.3, 0.4) is 0 Å². The van der Waals surface area contributed by atoms with E-state index in [1.54, 1.807) is 9.80 Å². The number of benzene rings is 2. The van der Waals surface area contributed by atoms with Gasteiger partial charge in [-0.3, -0.25) is 18.9 Å². The van der Waals surface area contributed by atoms with E-state index in [4.69, 9.17) is 14.5 Å². The number of fused-ring (bicyclic) bond motifs is 1. The molecule has 6 rings (SSSR count). The number of ether oxygens (including phenoxy) is 1. The standard InChI is InChI=1S/C30H32F2N3O7PS/c31-30(32,43(39,40)41)21-9-10-24-20(16-21)17-25(44-24)26(36)33-29(11-5-12-29)28(38)35-13-4-8-22(35)27(37)34-14-15-42-23(18-34)19-6-2-1-3-7-19/h1-3,6-7,9-10,16-17,22-23H,4-5,8,11-15,18H2,(H,33,36)(H2,39,40,41). The Morgan fingerprint density at radius 3 is 2.48 bits per heavy atom. The molecule has 2 aromatic carbocycles. The fourth-order valence-corrected chi connectivity index (χ4v) is 7.60. The zero-order chi connectivity index (χ0) is 31.3. The van der Waals surface area contributed by atoms with Crippen LogP contribution in [0.25, 0.3) is 10.1 Å². The van der Waals surface area contributed by atoms with Crippen LogP contribution in [-0.4, -0.2) is 75.1 Å². The molecule has 2 unspecified atom stereocenters. The fourth-order valence-electron chi connectivity index (χ4n) is 6.18. The number of rotatable bonds is 7. The molecule has 2 aliphatic heterocycles. The van der Waals surface area contributed by atoms with Crippen LogP contribution in [0.15, 0.2) is 54.6 Å². The van der Waals surface area contributed by atoms with Gasteiger partial charge in [0.05, 0.1) is 18.0 Å². The third-order valence-electron chi connectivity index (χ3n) is 8.77. The van der Waals surface area contributed by atoms with Gasteiger partial charge in [-0.25, -0.2) is 0 Å². The van der Waals surface area contributed by atoms with E-state index in [1.807, 2.05) is 30.3 Å². The number of thiophene rings is 1. The van der Waals surface area contributed by atoms with Crippen molar-refractivity contribution in [3.05, 3.63) is 70.6 Å². The van der Waals surface area contributed by atoms with Crippen molar-refractivity contribution in [3.63, 3.8) is 0 Å². The average Bonchev–Trinajstić information content (AvgIpc) is 3.65. The Balaban J connectivity index is 1.17. The quantitative estimate of drug-likeness (QED) is 0.324. The topological polar surface area (TPSA) is 136 Å². The Hall–Kier alpha value is -3.22. The molecule has 0 radical (unpaired) electrons. The lowest BCUT2D eigenvalue weighted by atomic mass is 9.75. The van der Waals surface area contributed by atoms with Crippen LogP contribution in [0, 0.1) is 0 Å². The van der Waals surface area contributed by atoms with Crippen molar-refractivity contribution >= 4 is 46.7 Å².